The van der Waals surface area contributed by atoms with Gasteiger partial charge in [-0.2, -0.15) is 0 Å². The number of amidine groups is 1. The number of fused-ring (bicyclic) bond motifs is 1. The third kappa shape index (κ3) is 5.34. The lowest BCUT2D eigenvalue weighted by molar-refractivity contribution is -0.139. The molecule has 2 aromatic rings. The molecule has 1 atom stereocenters. The number of thioether (sulfide) groups is 1. The van der Waals surface area contributed by atoms with Crippen LogP contribution in [0.15, 0.2) is 76.0 Å². The molecule has 0 bridgehead atoms. The van der Waals surface area contributed by atoms with E-state index in [2.05, 4.69) is 15.3 Å². The summed E-state index contributed by atoms with van der Waals surface area (Å²) in [6.07, 6.45) is 2.54. The second-order valence-electron chi connectivity index (χ2n) is 7.77. The lowest BCUT2D eigenvalue weighted by Gasteiger charge is -2.36. The van der Waals surface area contributed by atoms with Crippen LogP contribution in [0.3, 0.4) is 0 Å². The molecular weight excluding hydrogens is 472 g/mol. The van der Waals surface area contributed by atoms with Crippen LogP contribution in [-0.4, -0.2) is 40.1 Å². The second-order valence-corrected chi connectivity index (χ2v) is 9.04. The van der Waals surface area contributed by atoms with Gasteiger partial charge in [0.15, 0.2) is 5.17 Å². The van der Waals surface area contributed by atoms with E-state index in [1.807, 2.05) is 46.7 Å². The Hall–Kier alpha value is -3.10. The molecule has 1 N–H and O–H groups in total. The van der Waals surface area contributed by atoms with Crippen molar-refractivity contribution in [2.75, 3.05) is 13.2 Å². The highest BCUT2D eigenvalue weighted by atomic mass is 35.5. The number of benzene rings is 1. The first-order valence-electron chi connectivity index (χ1n) is 11.0. The highest BCUT2D eigenvalue weighted by Crippen LogP contribution is 2.45. The lowest BCUT2D eigenvalue weighted by atomic mass is 9.94. The van der Waals surface area contributed by atoms with Crippen molar-refractivity contribution in [1.82, 2.24) is 15.2 Å². The van der Waals surface area contributed by atoms with E-state index < -0.39 is 12.0 Å². The van der Waals surface area contributed by atoms with E-state index in [-0.39, 0.29) is 18.9 Å². The number of hydrogen-bond acceptors (Lipinski definition) is 7. The zero-order valence-corrected chi connectivity index (χ0v) is 20.5. The van der Waals surface area contributed by atoms with Gasteiger partial charge >= 0.3 is 5.97 Å². The molecule has 0 saturated heterocycles. The fraction of sp³-hybridized carbons (Fsp3) is 0.280. The van der Waals surface area contributed by atoms with E-state index in [0.717, 1.165) is 17.0 Å². The molecule has 0 saturated carbocycles. The first-order valence-corrected chi connectivity index (χ1v) is 12.3. The molecule has 0 unspecified atom stereocenters. The van der Waals surface area contributed by atoms with E-state index in [0.29, 0.717) is 34.4 Å². The van der Waals surface area contributed by atoms with Crippen LogP contribution < -0.4 is 5.32 Å². The number of pyridine rings is 1. The molecule has 4 rings (SSSR count). The van der Waals surface area contributed by atoms with Crippen LogP contribution in [0, 0.1) is 0 Å². The van der Waals surface area contributed by atoms with Crippen molar-refractivity contribution < 1.29 is 14.3 Å². The average Bonchev–Trinajstić information content (AvgIpc) is 3.20. The number of esters is 1. The third-order valence-corrected chi connectivity index (χ3v) is 6.56. The summed E-state index contributed by atoms with van der Waals surface area (Å²) in [4.78, 5) is 36.6. The van der Waals surface area contributed by atoms with Gasteiger partial charge in [0.25, 0.3) is 0 Å². The van der Waals surface area contributed by atoms with Gasteiger partial charge in [0.2, 0.25) is 5.91 Å². The minimum Gasteiger partial charge on any atom is -0.463 e. The number of aliphatic imine (C=N–C) groups is 1. The molecule has 7 nitrogen and oxygen atoms in total. The Kier molecular flexibility index (Phi) is 7.70. The van der Waals surface area contributed by atoms with Crippen LogP contribution >= 0.6 is 23.4 Å². The monoisotopic (exact) mass is 496 g/mol. The van der Waals surface area contributed by atoms with Gasteiger partial charge in [0.1, 0.15) is 0 Å². The quantitative estimate of drug-likeness (QED) is 0.537. The SMILES string of the molecule is CCOC(=O)C1=C(C)N=C2SC=C(CC(=O)NCCc3ccccn3)N2[C@@H]1c1cccc(Cl)c1. The first-order chi connectivity index (χ1) is 16.5. The number of ether oxygens (including phenoxy) is 1. The van der Waals surface area contributed by atoms with Gasteiger partial charge in [-0.15, -0.1) is 0 Å². The highest BCUT2D eigenvalue weighted by Gasteiger charge is 2.41. The van der Waals surface area contributed by atoms with Crippen molar-refractivity contribution in [3.63, 3.8) is 0 Å². The summed E-state index contributed by atoms with van der Waals surface area (Å²) < 4.78 is 5.36. The summed E-state index contributed by atoms with van der Waals surface area (Å²) in [6, 6.07) is 12.6. The van der Waals surface area contributed by atoms with Gasteiger partial charge in [0.05, 0.1) is 30.3 Å². The zero-order chi connectivity index (χ0) is 24.1. The molecule has 2 aliphatic rings. The van der Waals surface area contributed by atoms with Gasteiger partial charge in [0, 0.05) is 35.6 Å². The van der Waals surface area contributed by atoms with Gasteiger partial charge in [-0.1, -0.05) is 41.6 Å². The fourth-order valence-corrected chi connectivity index (χ4v) is 5.10. The molecular formula is C25H25ClN4O3S. The van der Waals surface area contributed by atoms with Crippen molar-refractivity contribution >= 4 is 40.4 Å². The standard InChI is InChI=1S/C25H25ClN4O3S/c1-3-33-24(32)22-16(2)29-25-30(23(22)17-7-6-8-18(26)13-17)20(15-34-25)14-21(31)28-12-10-19-9-4-5-11-27-19/h4-9,11,13,15,23H,3,10,12,14H2,1-2H3,(H,28,31)/t23-/m1/s1. The number of carbonyl (C=O) groups excluding carboxylic acids is 2. The maximum Gasteiger partial charge on any atom is 0.338 e. The Bertz CT molecular complexity index is 1180. The number of hydrogen-bond donors (Lipinski definition) is 1. The Morgan fingerprint density at radius 1 is 1.24 bits per heavy atom. The molecule has 3 heterocycles. The van der Waals surface area contributed by atoms with Crippen LogP contribution in [0.2, 0.25) is 5.02 Å². The molecule has 1 amide bonds. The number of aromatic nitrogens is 1. The maximum atomic E-state index is 13.0. The maximum absolute atomic E-state index is 13.0. The van der Waals surface area contributed by atoms with Crippen LogP contribution in [0.4, 0.5) is 0 Å². The summed E-state index contributed by atoms with van der Waals surface area (Å²) in [5.74, 6) is -0.540. The number of carbonyl (C=O) groups is 2. The summed E-state index contributed by atoms with van der Waals surface area (Å²) in [5, 5.41) is 6.15. The summed E-state index contributed by atoms with van der Waals surface area (Å²) in [6.45, 7) is 4.32. The molecule has 1 aromatic carbocycles. The minimum absolute atomic E-state index is 0.113. The largest absolute Gasteiger partial charge is 0.463 e. The number of nitrogens with one attached hydrogen (secondary N) is 1. The normalized spacial score (nSPS) is 17.1. The number of rotatable bonds is 8. The molecule has 2 aliphatic heterocycles. The van der Waals surface area contributed by atoms with Gasteiger partial charge in [-0.3, -0.25) is 9.78 Å². The van der Waals surface area contributed by atoms with Crippen LogP contribution in [0.25, 0.3) is 0 Å². The number of amides is 1. The van der Waals surface area contributed by atoms with Crippen LogP contribution in [-0.2, 0) is 20.7 Å². The van der Waals surface area contributed by atoms with E-state index in [9.17, 15) is 9.59 Å². The zero-order valence-electron chi connectivity index (χ0n) is 19.0. The lowest BCUT2D eigenvalue weighted by Crippen LogP contribution is -2.38. The van der Waals surface area contributed by atoms with E-state index >= 15 is 0 Å². The average molecular weight is 497 g/mol. The molecule has 9 heteroatoms. The van der Waals surface area contributed by atoms with Gasteiger partial charge < -0.3 is 15.0 Å². The molecule has 0 spiro atoms. The number of nitrogens with zero attached hydrogens (tertiary/aromatic N) is 3. The number of halogens is 1. The Balaban J connectivity index is 1.55. The van der Waals surface area contributed by atoms with Crippen molar-refractivity contribution in [3.05, 3.63) is 87.3 Å². The minimum atomic E-state index is -0.493. The predicted octanol–water partition coefficient (Wildman–Crippen LogP) is 4.62. The van der Waals surface area contributed by atoms with Crippen molar-refractivity contribution in [1.29, 1.82) is 0 Å². The molecule has 1 aromatic heterocycles. The van der Waals surface area contributed by atoms with Crippen LogP contribution in [0.1, 0.15) is 37.6 Å². The molecule has 0 radical (unpaired) electrons. The van der Waals surface area contributed by atoms with Crippen molar-refractivity contribution in [3.8, 4) is 0 Å². The predicted molar refractivity (Wildman–Crippen MR) is 134 cm³/mol. The van der Waals surface area contributed by atoms with E-state index in [4.69, 9.17) is 16.3 Å². The smallest absolute Gasteiger partial charge is 0.338 e. The van der Waals surface area contributed by atoms with E-state index in [1.165, 1.54) is 11.8 Å². The summed E-state index contributed by atoms with van der Waals surface area (Å²) in [5.41, 5.74) is 3.54. The molecule has 176 valence electrons. The second kappa shape index (κ2) is 10.9. The Labute approximate surface area is 207 Å². The third-order valence-electron chi connectivity index (χ3n) is 5.43. The first kappa shape index (κ1) is 24.0. The Morgan fingerprint density at radius 3 is 2.82 bits per heavy atom. The summed E-state index contributed by atoms with van der Waals surface area (Å²) in [7, 11) is 0. The van der Waals surface area contributed by atoms with Crippen LogP contribution in [0.5, 0.6) is 0 Å². The Morgan fingerprint density at radius 2 is 2.09 bits per heavy atom. The van der Waals surface area contributed by atoms with Gasteiger partial charge in [-0.25, -0.2) is 9.79 Å². The van der Waals surface area contributed by atoms with Crippen molar-refractivity contribution in [2.24, 2.45) is 4.99 Å². The number of allylic oxidation sites excluding steroid dienone is 1. The topological polar surface area (TPSA) is 83.9 Å². The highest BCUT2D eigenvalue weighted by molar-refractivity contribution is 8.16. The summed E-state index contributed by atoms with van der Waals surface area (Å²) >= 11 is 7.73. The van der Waals surface area contributed by atoms with Gasteiger partial charge in [-0.05, 0) is 49.1 Å². The van der Waals surface area contributed by atoms with Crippen molar-refractivity contribution in [2.45, 2.75) is 32.7 Å². The molecule has 0 fully saturated rings. The molecule has 34 heavy (non-hydrogen) atoms. The van der Waals surface area contributed by atoms with E-state index in [1.54, 1.807) is 26.1 Å². The fourth-order valence-electron chi connectivity index (χ4n) is 3.93. The molecule has 0 aliphatic carbocycles.